The van der Waals surface area contributed by atoms with Gasteiger partial charge in [0.15, 0.2) is 0 Å². The van der Waals surface area contributed by atoms with Gasteiger partial charge in [0.2, 0.25) is 0 Å². The molecular formula is C14H21ClN2O. The summed E-state index contributed by atoms with van der Waals surface area (Å²) in [6.45, 7) is 3.27. The molecule has 1 aromatic carbocycles. The highest BCUT2D eigenvalue weighted by atomic mass is 35.5. The molecule has 0 unspecified atom stereocenters. The number of rotatable bonds is 5. The Labute approximate surface area is 114 Å². The average molecular weight is 269 g/mol. The second kappa shape index (κ2) is 6.98. The molecule has 1 heterocycles. The zero-order valence-electron chi connectivity index (χ0n) is 10.8. The minimum absolute atomic E-state index is 0.667. The van der Waals surface area contributed by atoms with Crippen LogP contribution < -0.4 is 15.4 Å². The summed E-state index contributed by atoms with van der Waals surface area (Å²) in [4.78, 5) is 0. The number of methoxy groups -OCH3 is 1. The largest absolute Gasteiger partial charge is 0.495 e. The first-order valence-electron chi connectivity index (χ1n) is 6.56. The molecular weight excluding hydrogens is 248 g/mol. The normalized spacial score (nSPS) is 16.8. The number of ether oxygens (including phenoxy) is 1. The van der Waals surface area contributed by atoms with Crippen LogP contribution >= 0.6 is 11.6 Å². The van der Waals surface area contributed by atoms with E-state index in [0.717, 1.165) is 31.8 Å². The predicted molar refractivity (Wildman–Crippen MR) is 75.6 cm³/mol. The minimum Gasteiger partial charge on any atom is -0.495 e. The molecule has 0 bridgehead atoms. The van der Waals surface area contributed by atoms with Gasteiger partial charge in [0.1, 0.15) is 5.75 Å². The van der Waals surface area contributed by atoms with E-state index in [4.69, 9.17) is 16.3 Å². The second-order valence-corrected chi connectivity index (χ2v) is 5.10. The quantitative estimate of drug-likeness (QED) is 0.859. The van der Waals surface area contributed by atoms with Crippen molar-refractivity contribution in [3.63, 3.8) is 0 Å². The lowest BCUT2D eigenvalue weighted by molar-refractivity contribution is 0.389. The van der Waals surface area contributed by atoms with E-state index in [-0.39, 0.29) is 0 Å². The molecule has 1 fully saturated rings. The van der Waals surface area contributed by atoms with E-state index < -0.39 is 0 Å². The van der Waals surface area contributed by atoms with Crippen LogP contribution in [0.1, 0.15) is 18.4 Å². The molecule has 4 heteroatoms. The van der Waals surface area contributed by atoms with E-state index >= 15 is 0 Å². The number of hydrogen-bond acceptors (Lipinski definition) is 3. The molecule has 1 aromatic rings. The maximum atomic E-state index is 6.10. The van der Waals surface area contributed by atoms with Gasteiger partial charge in [0.05, 0.1) is 12.1 Å². The van der Waals surface area contributed by atoms with Gasteiger partial charge in [-0.3, -0.25) is 0 Å². The summed E-state index contributed by atoms with van der Waals surface area (Å²) >= 11 is 6.10. The second-order valence-electron chi connectivity index (χ2n) is 4.70. The molecule has 0 saturated carbocycles. The van der Waals surface area contributed by atoms with Crippen molar-refractivity contribution in [2.45, 2.75) is 25.3 Å². The summed E-state index contributed by atoms with van der Waals surface area (Å²) in [5.41, 5.74) is 1.25. The van der Waals surface area contributed by atoms with Gasteiger partial charge in [-0.1, -0.05) is 17.7 Å². The lowest BCUT2D eigenvalue weighted by Crippen LogP contribution is -2.40. The van der Waals surface area contributed by atoms with E-state index in [0.29, 0.717) is 11.1 Å². The Kier molecular flexibility index (Phi) is 5.29. The summed E-state index contributed by atoms with van der Waals surface area (Å²) in [6.07, 6.45) is 3.46. The van der Waals surface area contributed by atoms with Gasteiger partial charge < -0.3 is 15.4 Å². The van der Waals surface area contributed by atoms with E-state index in [1.165, 1.54) is 18.4 Å². The fourth-order valence-corrected chi connectivity index (χ4v) is 2.59. The van der Waals surface area contributed by atoms with Crippen molar-refractivity contribution in [3.05, 3.63) is 28.8 Å². The van der Waals surface area contributed by atoms with E-state index in [1.54, 1.807) is 7.11 Å². The summed E-state index contributed by atoms with van der Waals surface area (Å²) in [5, 5.41) is 7.67. The summed E-state index contributed by atoms with van der Waals surface area (Å²) in [5.74, 6) is 0.742. The average Bonchev–Trinajstić information content (AvgIpc) is 2.40. The first-order chi connectivity index (χ1) is 8.79. The summed E-state index contributed by atoms with van der Waals surface area (Å²) in [7, 11) is 1.64. The van der Waals surface area contributed by atoms with Crippen molar-refractivity contribution in [3.8, 4) is 5.75 Å². The van der Waals surface area contributed by atoms with Crippen molar-refractivity contribution in [1.82, 2.24) is 10.6 Å². The molecule has 2 rings (SSSR count). The molecule has 0 radical (unpaired) electrons. The third kappa shape index (κ3) is 3.87. The van der Waals surface area contributed by atoms with Crippen LogP contribution in [-0.2, 0) is 6.42 Å². The Bertz CT molecular complexity index is 378. The van der Waals surface area contributed by atoms with E-state index in [2.05, 4.69) is 16.7 Å². The Morgan fingerprint density at radius 1 is 1.39 bits per heavy atom. The molecule has 0 atom stereocenters. The SMILES string of the molecule is COc1ccc(CCNC2CCNCC2)cc1Cl. The van der Waals surface area contributed by atoms with E-state index in [9.17, 15) is 0 Å². The number of piperidine rings is 1. The topological polar surface area (TPSA) is 33.3 Å². The van der Waals surface area contributed by atoms with Crippen molar-refractivity contribution in [1.29, 1.82) is 0 Å². The van der Waals surface area contributed by atoms with Crippen molar-refractivity contribution < 1.29 is 4.74 Å². The number of benzene rings is 1. The smallest absolute Gasteiger partial charge is 0.137 e. The maximum Gasteiger partial charge on any atom is 0.137 e. The molecule has 100 valence electrons. The first-order valence-corrected chi connectivity index (χ1v) is 6.94. The maximum absolute atomic E-state index is 6.10. The highest BCUT2D eigenvalue weighted by Crippen LogP contribution is 2.24. The molecule has 0 aromatic heterocycles. The van der Waals surface area contributed by atoms with Crippen molar-refractivity contribution in [2.24, 2.45) is 0 Å². The van der Waals surface area contributed by atoms with Crippen molar-refractivity contribution >= 4 is 11.6 Å². The fraction of sp³-hybridized carbons (Fsp3) is 0.571. The first kappa shape index (κ1) is 13.7. The van der Waals surface area contributed by atoms with Gasteiger partial charge in [0.25, 0.3) is 0 Å². The standard InChI is InChI=1S/C14H21ClN2O/c1-18-14-3-2-11(10-13(14)15)4-9-17-12-5-7-16-8-6-12/h2-3,10,12,16-17H,4-9H2,1H3. The van der Waals surface area contributed by atoms with Gasteiger partial charge >= 0.3 is 0 Å². The Morgan fingerprint density at radius 2 is 2.17 bits per heavy atom. The third-order valence-electron chi connectivity index (χ3n) is 3.40. The van der Waals surface area contributed by atoms with E-state index in [1.807, 2.05) is 12.1 Å². The van der Waals surface area contributed by atoms with Gasteiger partial charge in [-0.05, 0) is 56.6 Å². The molecule has 1 aliphatic heterocycles. The van der Waals surface area contributed by atoms with Crippen LogP contribution in [-0.4, -0.2) is 32.8 Å². The van der Waals surface area contributed by atoms with Crippen LogP contribution in [0, 0.1) is 0 Å². The Balaban J connectivity index is 1.77. The molecule has 1 aliphatic rings. The number of hydrogen-bond donors (Lipinski definition) is 2. The molecule has 1 saturated heterocycles. The van der Waals surface area contributed by atoms with Crippen molar-refractivity contribution in [2.75, 3.05) is 26.7 Å². The third-order valence-corrected chi connectivity index (χ3v) is 3.70. The van der Waals surface area contributed by atoms with Crippen LogP contribution in [0.2, 0.25) is 5.02 Å². The fourth-order valence-electron chi connectivity index (χ4n) is 2.31. The number of halogens is 1. The van der Waals surface area contributed by atoms with Crippen LogP contribution in [0.15, 0.2) is 18.2 Å². The van der Waals surface area contributed by atoms with Gasteiger partial charge in [-0.15, -0.1) is 0 Å². The zero-order chi connectivity index (χ0) is 12.8. The highest BCUT2D eigenvalue weighted by molar-refractivity contribution is 6.32. The lowest BCUT2D eigenvalue weighted by atomic mass is 10.1. The Hall–Kier alpha value is -0.770. The molecule has 0 aliphatic carbocycles. The van der Waals surface area contributed by atoms with Crippen LogP contribution in [0.5, 0.6) is 5.75 Å². The predicted octanol–water partition coefficient (Wildman–Crippen LogP) is 2.23. The monoisotopic (exact) mass is 268 g/mol. The molecule has 3 nitrogen and oxygen atoms in total. The molecule has 0 amide bonds. The molecule has 0 spiro atoms. The van der Waals surface area contributed by atoms with Crippen LogP contribution in [0.4, 0.5) is 0 Å². The Morgan fingerprint density at radius 3 is 2.83 bits per heavy atom. The molecule has 18 heavy (non-hydrogen) atoms. The minimum atomic E-state index is 0.667. The van der Waals surface area contributed by atoms with Gasteiger partial charge in [-0.25, -0.2) is 0 Å². The van der Waals surface area contributed by atoms with Crippen LogP contribution in [0.25, 0.3) is 0 Å². The van der Waals surface area contributed by atoms with Gasteiger partial charge in [0, 0.05) is 6.04 Å². The number of nitrogens with one attached hydrogen (secondary N) is 2. The summed E-state index contributed by atoms with van der Waals surface area (Å²) in [6, 6.07) is 6.67. The lowest BCUT2D eigenvalue weighted by Gasteiger charge is -2.23. The molecule has 2 N–H and O–H groups in total. The summed E-state index contributed by atoms with van der Waals surface area (Å²) < 4.78 is 5.15. The van der Waals surface area contributed by atoms with Gasteiger partial charge in [-0.2, -0.15) is 0 Å². The highest BCUT2D eigenvalue weighted by Gasteiger charge is 2.11. The van der Waals surface area contributed by atoms with Crippen LogP contribution in [0.3, 0.4) is 0 Å². The zero-order valence-corrected chi connectivity index (χ0v) is 11.6.